The van der Waals surface area contributed by atoms with Crippen LogP contribution in [0.1, 0.15) is 39.9 Å². The van der Waals surface area contributed by atoms with Crippen molar-refractivity contribution in [2.24, 2.45) is 0 Å². The minimum atomic E-state index is -0.191. The molecule has 1 unspecified atom stereocenters. The maximum Gasteiger partial charge on any atom is 0.251 e. The molecule has 4 heteroatoms. The van der Waals surface area contributed by atoms with Gasteiger partial charge in [-0.2, -0.15) is 0 Å². The van der Waals surface area contributed by atoms with Crippen LogP contribution in [0.25, 0.3) is 0 Å². The molecule has 1 saturated heterocycles. The van der Waals surface area contributed by atoms with Gasteiger partial charge in [0.05, 0.1) is 6.54 Å². The van der Waals surface area contributed by atoms with Gasteiger partial charge in [0.25, 0.3) is 5.91 Å². The summed E-state index contributed by atoms with van der Waals surface area (Å²) < 4.78 is 0. The Balaban J connectivity index is 1.57. The first kappa shape index (κ1) is 18.2. The van der Waals surface area contributed by atoms with Crippen molar-refractivity contribution in [3.63, 3.8) is 0 Å². The summed E-state index contributed by atoms with van der Waals surface area (Å²) in [7, 11) is 0. The second-order valence-electron chi connectivity index (χ2n) is 7.13. The third-order valence-electron chi connectivity index (χ3n) is 4.90. The zero-order valence-corrected chi connectivity index (χ0v) is 15.5. The number of hydrogen-bond donors (Lipinski definition) is 1. The Hall–Kier alpha value is -2.62. The van der Waals surface area contributed by atoms with E-state index < -0.39 is 0 Å². The van der Waals surface area contributed by atoms with E-state index in [0.717, 1.165) is 36.9 Å². The molecule has 1 heterocycles. The van der Waals surface area contributed by atoms with Crippen LogP contribution >= 0.6 is 0 Å². The van der Waals surface area contributed by atoms with Gasteiger partial charge in [0.15, 0.2) is 0 Å². The van der Waals surface area contributed by atoms with Crippen molar-refractivity contribution in [2.75, 3.05) is 13.1 Å². The maximum absolute atomic E-state index is 12.6. The fourth-order valence-electron chi connectivity index (χ4n) is 3.73. The van der Waals surface area contributed by atoms with Crippen LogP contribution in [0.5, 0.6) is 0 Å². The maximum atomic E-state index is 12.6. The van der Waals surface area contributed by atoms with Crippen LogP contribution in [-0.2, 0) is 11.2 Å². The normalized spacial score (nSPS) is 16.5. The molecule has 1 aliphatic heterocycles. The molecule has 0 bridgehead atoms. The molecule has 2 aromatic rings. The molecule has 26 heavy (non-hydrogen) atoms. The molecule has 1 aliphatic rings. The number of carbonyl (C=O) groups excluding carboxylic acids is 2. The zero-order valence-electron chi connectivity index (χ0n) is 15.5. The predicted octanol–water partition coefficient (Wildman–Crippen LogP) is 3.27. The first-order chi connectivity index (χ1) is 12.5. The molecule has 0 spiro atoms. The number of carbonyl (C=O) groups is 2. The average Bonchev–Trinajstić information content (AvgIpc) is 3.07. The van der Waals surface area contributed by atoms with Crippen molar-refractivity contribution in [1.82, 2.24) is 10.2 Å². The zero-order chi connectivity index (χ0) is 18.5. The number of aryl methyl sites for hydroxylation is 2. The summed E-state index contributed by atoms with van der Waals surface area (Å²) in [4.78, 5) is 26.9. The van der Waals surface area contributed by atoms with Crippen molar-refractivity contribution in [1.29, 1.82) is 0 Å². The lowest BCUT2D eigenvalue weighted by atomic mass is 10.0. The van der Waals surface area contributed by atoms with Crippen molar-refractivity contribution >= 4 is 11.8 Å². The molecule has 3 rings (SSSR count). The van der Waals surface area contributed by atoms with Crippen molar-refractivity contribution in [3.05, 3.63) is 70.8 Å². The Morgan fingerprint density at radius 3 is 2.46 bits per heavy atom. The van der Waals surface area contributed by atoms with E-state index in [1.165, 1.54) is 5.56 Å². The molecule has 136 valence electrons. The predicted molar refractivity (Wildman–Crippen MR) is 103 cm³/mol. The van der Waals surface area contributed by atoms with Crippen LogP contribution < -0.4 is 5.32 Å². The number of amides is 2. The van der Waals surface area contributed by atoms with Gasteiger partial charge in [0.2, 0.25) is 5.91 Å². The Kier molecular flexibility index (Phi) is 5.71. The molecule has 4 nitrogen and oxygen atoms in total. The lowest BCUT2D eigenvalue weighted by Crippen LogP contribution is -2.43. The highest BCUT2D eigenvalue weighted by Crippen LogP contribution is 2.21. The summed E-state index contributed by atoms with van der Waals surface area (Å²) in [5.74, 6) is -0.190. The van der Waals surface area contributed by atoms with Gasteiger partial charge in [-0.1, -0.05) is 47.5 Å². The van der Waals surface area contributed by atoms with E-state index in [2.05, 4.69) is 17.4 Å². The van der Waals surface area contributed by atoms with E-state index in [4.69, 9.17) is 0 Å². The van der Waals surface area contributed by atoms with Crippen molar-refractivity contribution in [2.45, 2.75) is 39.2 Å². The molecule has 0 aromatic heterocycles. The van der Waals surface area contributed by atoms with E-state index >= 15 is 0 Å². The van der Waals surface area contributed by atoms with E-state index in [1.807, 2.05) is 55.1 Å². The lowest BCUT2D eigenvalue weighted by Gasteiger charge is -2.25. The van der Waals surface area contributed by atoms with Crippen LogP contribution in [0.2, 0.25) is 0 Å². The van der Waals surface area contributed by atoms with Crippen LogP contribution in [0.15, 0.2) is 48.5 Å². The SMILES string of the molecule is Cc1cc(C)cc(C(=O)NCC(=O)N2CCCC2Cc2ccccc2)c1. The minimum Gasteiger partial charge on any atom is -0.343 e. The largest absolute Gasteiger partial charge is 0.343 e. The molecule has 2 amide bonds. The summed E-state index contributed by atoms with van der Waals surface area (Å²) in [6.45, 7) is 4.76. The summed E-state index contributed by atoms with van der Waals surface area (Å²) in [5.41, 5.74) is 3.95. The van der Waals surface area contributed by atoms with Gasteiger partial charge in [-0.05, 0) is 50.8 Å². The highest BCUT2D eigenvalue weighted by Gasteiger charge is 2.28. The van der Waals surface area contributed by atoms with Gasteiger partial charge in [0.1, 0.15) is 0 Å². The molecule has 1 atom stereocenters. The summed E-state index contributed by atoms with van der Waals surface area (Å²) in [6, 6.07) is 16.2. The average molecular weight is 350 g/mol. The fraction of sp³-hybridized carbons (Fsp3) is 0.364. The van der Waals surface area contributed by atoms with Crippen molar-refractivity contribution in [3.8, 4) is 0 Å². The number of benzene rings is 2. The molecule has 0 saturated carbocycles. The van der Waals surface area contributed by atoms with Gasteiger partial charge >= 0.3 is 0 Å². The molecule has 0 radical (unpaired) electrons. The molecule has 2 aromatic carbocycles. The molecular weight excluding hydrogens is 324 g/mol. The molecular formula is C22H26N2O2. The number of likely N-dealkylation sites (tertiary alicyclic amines) is 1. The third-order valence-corrected chi connectivity index (χ3v) is 4.90. The number of nitrogens with one attached hydrogen (secondary N) is 1. The fourth-order valence-corrected chi connectivity index (χ4v) is 3.73. The van der Waals surface area contributed by atoms with Crippen LogP contribution in [0.3, 0.4) is 0 Å². The van der Waals surface area contributed by atoms with Crippen LogP contribution in [0.4, 0.5) is 0 Å². The number of hydrogen-bond acceptors (Lipinski definition) is 2. The second kappa shape index (κ2) is 8.17. The van der Waals surface area contributed by atoms with Gasteiger partial charge in [-0.3, -0.25) is 9.59 Å². The Morgan fingerprint density at radius 2 is 1.77 bits per heavy atom. The first-order valence-electron chi connectivity index (χ1n) is 9.23. The standard InChI is InChI=1S/C22H26N2O2/c1-16-11-17(2)13-19(12-16)22(26)23-15-21(25)24-10-6-9-20(24)14-18-7-4-3-5-8-18/h3-5,7-8,11-13,20H,6,9-10,14-15H2,1-2H3,(H,23,26). The van der Waals surface area contributed by atoms with Crippen LogP contribution in [-0.4, -0.2) is 35.8 Å². The number of rotatable bonds is 5. The third kappa shape index (κ3) is 4.51. The Bertz CT molecular complexity index is 766. The topological polar surface area (TPSA) is 49.4 Å². The lowest BCUT2D eigenvalue weighted by molar-refractivity contribution is -0.130. The van der Waals surface area contributed by atoms with E-state index in [-0.39, 0.29) is 24.4 Å². The highest BCUT2D eigenvalue weighted by atomic mass is 16.2. The van der Waals surface area contributed by atoms with Gasteiger partial charge < -0.3 is 10.2 Å². The van der Waals surface area contributed by atoms with Gasteiger partial charge in [-0.15, -0.1) is 0 Å². The Morgan fingerprint density at radius 1 is 1.08 bits per heavy atom. The second-order valence-corrected chi connectivity index (χ2v) is 7.13. The minimum absolute atomic E-state index is 0.00107. The summed E-state index contributed by atoms with van der Waals surface area (Å²) in [5, 5.41) is 2.78. The summed E-state index contributed by atoms with van der Waals surface area (Å²) in [6.07, 6.45) is 2.91. The van der Waals surface area contributed by atoms with E-state index in [1.54, 1.807) is 0 Å². The van der Waals surface area contributed by atoms with E-state index in [9.17, 15) is 9.59 Å². The van der Waals surface area contributed by atoms with Gasteiger partial charge in [-0.25, -0.2) is 0 Å². The molecule has 1 N–H and O–H groups in total. The monoisotopic (exact) mass is 350 g/mol. The molecule has 1 fully saturated rings. The van der Waals surface area contributed by atoms with E-state index in [0.29, 0.717) is 5.56 Å². The quantitative estimate of drug-likeness (QED) is 0.900. The Labute approximate surface area is 155 Å². The van der Waals surface area contributed by atoms with Crippen molar-refractivity contribution < 1.29 is 9.59 Å². The van der Waals surface area contributed by atoms with Gasteiger partial charge in [0, 0.05) is 18.2 Å². The van der Waals surface area contributed by atoms with Crippen LogP contribution in [0, 0.1) is 13.8 Å². The number of nitrogens with zero attached hydrogens (tertiary/aromatic N) is 1. The first-order valence-corrected chi connectivity index (χ1v) is 9.23. The highest BCUT2D eigenvalue weighted by molar-refractivity contribution is 5.96. The molecule has 0 aliphatic carbocycles. The smallest absolute Gasteiger partial charge is 0.251 e. The summed E-state index contributed by atoms with van der Waals surface area (Å²) >= 11 is 0.